The molecule has 1 aliphatic heterocycles. The zero-order chi connectivity index (χ0) is 17.4. The van der Waals surface area contributed by atoms with Crippen LogP contribution in [-0.2, 0) is 4.79 Å². The highest BCUT2D eigenvalue weighted by atomic mass is 16.5. The van der Waals surface area contributed by atoms with E-state index in [1.54, 1.807) is 18.2 Å². The number of likely N-dealkylation sites (tertiary alicyclic amines) is 1. The summed E-state index contributed by atoms with van der Waals surface area (Å²) < 4.78 is 5.60. The molecule has 1 amide bonds. The molecule has 1 aliphatic rings. The Morgan fingerprint density at radius 1 is 1.33 bits per heavy atom. The minimum atomic E-state index is 0.0300. The predicted octanol–water partition coefficient (Wildman–Crippen LogP) is 2.55. The largest absolute Gasteiger partial charge is 0.492 e. The van der Waals surface area contributed by atoms with Gasteiger partial charge in [-0.05, 0) is 43.5 Å². The van der Waals surface area contributed by atoms with Crippen molar-refractivity contribution in [2.75, 3.05) is 31.6 Å². The molecule has 0 radical (unpaired) electrons. The third-order valence-corrected chi connectivity index (χ3v) is 3.75. The number of nitrogens with one attached hydrogen (secondary N) is 1. The van der Waals surface area contributed by atoms with Crippen LogP contribution in [0.2, 0.25) is 0 Å². The molecule has 124 valence electrons. The fourth-order valence-electron chi connectivity index (χ4n) is 2.56. The maximum Gasteiger partial charge on any atom is 0.241 e. The molecule has 6 heteroatoms. The number of nitriles is 2. The monoisotopic (exact) mass is 324 g/mol. The van der Waals surface area contributed by atoms with Gasteiger partial charge in [-0.2, -0.15) is 10.5 Å². The first-order chi connectivity index (χ1) is 11.7. The van der Waals surface area contributed by atoms with Crippen LogP contribution in [0.3, 0.4) is 0 Å². The number of carbonyl (C=O) groups is 1. The Kier molecular flexibility index (Phi) is 6.22. The van der Waals surface area contributed by atoms with Crippen LogP contribution < -0.4 is 10.1 Å². The molecule has 0 unspecified atom stereocenters. The van der Waals surface area contributed by atoms with Crippen molar-refractivity contribution in [1.29, 1.82) is 10.5 Å². The number of ether oxygens (including phenoxy) is 1. The van der Waals surface area contributed by atoms with E-state index in [0.29, 0.717) is 17.9 Å². The van der Waals surface area contributed by atoms with Crippen molar-refractivity contribution in [3.63, 3.8) is 0 Å². The van der Waals surface area contributed by atoms with Crippen LogP contribution in [0.1, 0.15) is 25.3 Å². The average molecular weight is 324 g/mol. The van der Waals surface area contributed by atoms with Gasteiger partial charge in [-0.15, -0.1) is 0 Å². The molecule has 0 aromatic heterocycles. The van der Waals surface area contributed by atoms with Crippen molar-refractivity contribution in [3.05, 3.63) is 29.3 Å². The smallest absolute Gasteiger partial charge is 0.241 e. The second kappa shape index (κ2) is 8.59. The number of nitrogens with zero attached hydrogens (tertiary/aromatic N) is 3. The van der Waals surface area contributed by atoms with Crippen LogP contribution in [0, 0.1) is 22.7 Å². The molecule has 24 heavy (non-hydrogen) atoms. The Labute approximate surface area is 141 Å². The fraction of sp³-hybridized carbons (Fsp3) is 0.389. The molecule has 2 rings (SSSR count). The van der Waals surface area contributed by atoms with Gasteiger partial charge >= 0.3 is 0 Å². The lowest BCUT2D eigenvalue weighted by molar-refractivity contribution is -0.128. The Morgan fingerprint density at radius 2 is 2.04 bits per heavy atom. The van der Waals surface area contributed by atoms with Gasteiger partial charge in [0.05, 0.1) is 18.8 Å². The SMILES string of the molecule is CCOc1cc(C=C(C#N)C#N)ccc1NCC(=O)N1CCCC1. The Balaban J connectivity index is 2.11. The summed E-state index contributed by atoms with van der Waals surface area (Å²) in [6.45, 7) is 4.22. The first kappa shape index (κ1) is 17.4. The van der Waals surface area contributed by atoms with Gasteiger partial charge < -0.3 is 15.0 Å². The summed E-state index contributed by atoms with van der Waals surface area (Å²) in [7, 11) is 0. The zero-order valence-electron chi connectivity index (χ0n) is 13.7. The van der Waals surface area contributed by atoms with Gasteiger partial charge in [-0.3, -0.25) is 4.79 Å². The van der Waals surface area contributed by atoms with Gasteiger partial charge in [-0.1, -0.05) is 6.07 Å². The van der Waals surface area contributed by atoms with Crippen LogP contribution in [0.25, 0.3) is 6.08 Å². The van der Waals surface area contributed by atoms with Crippen molar-refractivity contribution >= 4 is 17.7 Å². The third-order valence-electron chi connectivity index (χ3n) is 3.75. The third kappa shape index (κ3) is 4.50. The van der Waals surface area contributed by atoms with Crippen molar-refractivity contribution < 1.29 is 9.53 Å². The van der Waals surface area contributed by atoms with Gasteiger partial charge in [0.15, 0.2) is 0 Å². The van der Waals surface area contributed by atoms with Crippen molar-refractivity contribution in [1.82, 2.24) is 4.90 Å². The highest BCUT2D eigenvalue weighted by Crippen LogP contribution is 2.27. The molecule has 1 aromatic rings. The highest BCUT2D eigenvalue weighted by molar-refractivity contribution is 5.82. The molecule has 1 N–H and O–H groups in total. The van der Waals surface area contributed by atoms with E-state index >= 15 is 0 Å². The summed E-state index contributed by atoms with van der Waals surface area (Å²) in [6.07, 6.45) is 3.63. The molecule has 1 heterocycles. The van der Waals surface area contributed by atoms with Crippen molar-refractivity contribution in [2.45, 2.75) is 19.8 Å². The standard InChI is InChI=1S/C18H20N4O2/c1-2-24-17-10-14(9-15(11-19)12-20)5-6-16(17)21-13-18(23)22-7-3-4-8-22/h5-6,9-10,21H,2-4,7-8,13H2,1H3. The van der Waals surface area contributed by atoms with Gasteiger partial charge in [0, 0.05) is 13.1 Å². The Hall–Kier alpha value is -2.99. The normalized spacial score (nSPS) is 12.9. The number of hydrogen-bond donors (Lipinski definition) is 1. The molecule has 1 aromatic carbocycles. The van der Waals surface area contributed by atoms with E-state index in [4.69, 9.17) is 15.3 Å². The summed E-state index contributed by atoms with van der Waals surface area (Å²) in [5, 5.41) is 20.8. The first-order valence-corrected chi connectivity index (χ1v) is 7.98. The van der Waals surface area contributed by atoms with Crippen LogP contribution in [-0.4, -0.2) is 37.0 Å². The summed E-state index contributed by atoms with van der Waals surface area (Å²) >= 11 is 0. The molecule has 1 fully saturated rings. The Bertz CT molecular complexity index is 691. The second-order valence-electron chi connectivity index (χ2n) is 5.41. The lowest BCUT2D eigenvalue weighted by Crippen LogP contribution is -2.33. The van der Waals surface area contributed by atoms with E-state index in [1.807, 2.05) is 24.0 Å². The molecular weight excluding hydrogens is 304 g/mol. The zero-order valence-corrected chi connectivity index (χ0v) is 13.7. The topological polar surface area (TPSA) is 89.1 Å². The molecular formula is C18H20N4O2. The van der Waals surface area contributed by atoms with Crippen LogP contribution in [0.5, 0.6) is 5.75 Å². The first-order valence-electron chi connectivity index (χ1n) is 7.98. The molecule has 0 saturated carbocycles. The molecule has 0 spiro atoms. The molecule has 1 saturated heterocycles. The second-order valence-corrected chi connectivity index (χ2v) is 5.41. The van der Waals surface area contributed by atoms with Crippen molar-refractivity contribution in [2.24, 2.45) is 0 Å². The lowest BCUT2D eigenvalue weighted by atomic mass is 10.1. The van der Waals surface area contributed by atoms with Gasteiger partial charge in [-0.25, -0.2) is 0 Å². The van der Waals surface area contributed by atoms with E-state index < -0.39 is 0 Å². The number of rotatable bonds is 6. The minimum absolute atomic E-state index is 0.0300. The minimum Gasteiger partial charge on any atom is -0.492 e. The van der Waals surface area contributed by atoms with Crippen molar-refractivity contribution in [3.8, 4) is 17.9 Å². The van der Waals surface area contributed by atoms with Gasteiger partial charge in [0.25, 0.3) is 0 Å². The number of amides is 1. The number of benzene rings is 1. The van der Waals surface area contributed by atoms with Gasteiger partial charge in [0.2, 0.25) is 5.91 Å². The highest BCUT2D eigenvalue weighted by Gasteiger charge is 2.17. The average Bonchev–Trinajstić information content (AvgIpc) is 3.13. The lowest BCUT2D eigenvalue weighted by Gasteiger charge is -2.17. The molecule has 0 aliphatic carbocycles. The molecule has 0 atom stereocenters. The number of allylic oxidation sites excluding steroid dienone is 1. The van der Waals surface area contributed by atoms with Crippen LogP contribution in [0.15, 0.2) is 23.8 Å². The quantitative estimate of drug-likeness (QED) is 0.812. The predicted molar refractivity (Wildman–Crippen MR) is 91.1 cm³/mol. The van der Waals surface area contributed by atoms with Gasteiger partial charge in [0.1, 0.15) is 23.5 Å². The van der Waals surface area contributed by atoms with E-state index in [9.17, 15) is 4.79 Å². The maximum atomic E-state index is 12.1. The van der Waals surface area contributed by atoms with E-state index in [0.717, 1.165) is 31.6 Å². The fourth-order valence-corrected chi connectivity index (χ4v) is 2.56. The summed E-state index contributed by atoms with van der Waals surface area (Å²) in [4.78, 5) is 14.0. The summed E-state index contributed by atoms with van der Waals surface area (Å²) in [5.41, 5.74) is 1.45. The van der Waals surface area contributed by atoms with E-state index in [-0.39, 0.29) is 18.0 Å². The summed E-state index contributed by atoms with van der Waals surface area (Å²) in [5.74, 6) is 0.672. The maximum absolute atomic E-state index is 12.1. The van der Waals surface area contributed by atoms with E-state index in [1.165, 1.54) is 6.08 Å². The number of hydrogen-bond acceptors (Lipinski definition) is 5. The molecule has 6 nitrogen and oxygen atoms in total. The summed E-state index contributed by atoms with van der Waals surface area (Å²) in [6, 6.07) is 8.98. The van der Waals surface area contributed by atoms with Crippen LogP contribution >= 0.6 is 0 Å². The van der Waals surface area contributed by atoms with Crippen LogP contribution in [0.4, 0.5) is 5.69 Å². The number of anilines is 1. The van der Waals surface area contributed by atoms with E-state index in [2.05, 4.69) is 5.32 Å². The molecule has 0 bridgehead atoms. The Morgan fingerprint density at radius 3 is 2.67 bits per heavy atom. The number of carbonyl (C=O) groups excluding carboxylic acids is 1.